The molecule has 1 aromatic rings. The molecule has 0 aliphatic carbocycles. The summed E-state index contributed by atoms with van der Waals surface area (Å²) in [4.78, 5) is 38.7. The van der Waals surface area contributed by atoms with Gasteiger partial charge in [-0.25, -0.2) is 0 Å². The molecule has 122 valence electrons. The molecular weight excluding hydrogens is 320 g/mol. The second-order valence-corrected chi connectivity index (χ2v) is 6.18. The van der Waals surface area contributed by atoms with Crippen molar-refractivity contribution in [1.82, 2.24) is 9.80 Å². The van der Waals surface area contributed by atoms with E-state index in [1.807, 2.05) is 0 Å². The number of likely N-dealkylation sites (tertiary alicyclic amines) is 1. The second kappa shape index (κ2) is 6.11. The molecule has 0 spiro atoms. The standard InChI is InChI=1S/C15H16N2O5S/c1-21-11-4-3-9(5-12(11)22-2)14(19)16-6-10(7-16)17-13(18)8-23-15(17)20/h3-5,10H,6-8H2,1-2H3. The van der Waals surface area contributed by atoms with Crippen LogP contribution in [0, 0.1) is 0 Å². The third kappa shape index (κ3) is 2.74. The van der Waals surface area contributed by atoms with Crippen molar-refractivity contribution in [2.24, 2.45) is 0 Å². The summed E-state index contributed by atoms with van der Waals surface area (Å²) in [5.74, 6) is 0.892. The van der Waals surface area contributed by atoms with Gasteiger partial charge >= 0.3 is 0 Å². The van der Waals surface area contributed by atoms with Crippen LogP contribution in [0.15, 0.2) is 18.2 Å². The highest BCUT2D eigenvalue weighted by Gasteiger charge is 2.43. The Morgan fingerprint density at radius 1 is 1.17 bits per heavy atom. The molecule has 0 atom stereocenters. The molecule has 3 rings (SSSR count). The van der Waals surface area contributed by atoms with Crippen LogP contribution in [0.4, 0.5) is 4.79 Å². The average Bonchev–Trinajstić information content (AvgIpc) is 2.85. The maximum atomic E-state index is 12.5. The first kappa shape index (κ1) is 15.7. The fraction of sp³-hybridized carbons (Fsp3) is 0.400. The normalized spacial score (nSPS) is 18.2. The first-order chi connectivity index (χ1) is 11.0. The summed E-state index contributed by atoms with van der Waals surface area (Å²) >= 11 is 1.01. The van der Waals surface area contributed by atoms with Crippen molar-refractivity contribution in [2.75, 3.05) is 33.1 Å². The smallest absolute Gasteiger partial charge is 0.289 e. The summed E-state index contributed by atoms with van der Waals surface area (Å²) in [6.45, 7) is 0.733. The number of thioether (sulfide) groups is 1. The molecule has 23 heavy (non-hydrogen) atoms. The molecule has 7 nitrogen and oxygen atoms in total. The highest BCUT2D eigenvalue weighted by atomic mass is 32.2. The number of hydrogen-bond donors (Lipinski definition) is 0. The topological polar surface area (TPSA) is 76.2 Å². The van der Waals surface area contributed by atoms with E-state index in [1.54, 1.807) is 23.1 Å². The number of ether oxygens (including phenoxy) is 2. The number of imide groups is 1. The van der Waals surface area contributed by atoms with Crippen LogP contribution in [0.3, 0.4) is 0 Å². The third-order valence-corrected chi connectivity index (χ3v) is 4.76. The van der Waals surface area contributed by atoms with Crippen LogP contribution in [-0.2, 0) is 4.79 Å². The zero-order chi connectivity index (χ0) is 16.6. The molecule has 0 aromatic heterocycles. The van der Waals surface area contributed by atoms with Gasteiger partial charge in [-0.1, -0.05) is 11.8 Å². The van der Waals surface area contributed by atoms with Gasteiger partial charge in [-0.2, -0.15) is 0 Å². The molecule has 3 amide bonds. The Balaban J connectivity index is 1.67. The lowest BCUT2D eigenvalue weighted by atomic mass is 10.0. The highest BCUT2D eigenvalue weighted by Crippen LogP contribution is 2.30. The Labute approximate surface area is 137 Å². The summed E-state index contributed by atoms with van der Waals surface area (Å²) in [6, 6.07) is 4.75. The van der Waals surface area contributed by atoms with Gasteiger partial charge in [0.2, 0.25) is 5.91 Å². The van der Waals surface area contributed by atoms with Crippen LogP contribution < -0.4 is 9.47 Å². The number of carbonyl (C=O) groups excluding carboxylic acids is 3. The number of amides is 3. The van der Waals surface area contributed by atoms with E-state index in [9.17, 15) is 14.4 Å². The summed E-state index contributed by atoms with van der Waals surface area (Å²) in [7, 11) is 3.04. The maximum Gasteiger partial charge on any atom is 0.289 e. The first-order valence-electron chi connectivity index (χ1n) is 7.05. The quantitative estimate of drug-likeness (QED) is 0.823. The van der Waals surface area contributed by atoms with Crippen molar-refractivity contribution in [2.45, 2.75) is 6.04 Å². The molecule has 0 bridgehead atoms. The van der Waals surface area contributed by atoms with Gasteiger partial charge in [0.15, 0.2) is 11.5 Å². The van der Waals surface area contributed by atoms with Gasteiger partial charge in [0.25, 0.3) is 11.1 Å². The molecule has 0 unspecified atom stereocenters. The number of hydrogen-bond acceptors (Lipinski definition) is 6. The zero-order valence-corrected chi connectivity index (χ0v) is 13.6. The van der Waals surface area contributed by atoms with E-state index in [4.69, 9.17) is 9.47 Å². The maximum absolute atomic E-state index is 12.5. The van der Waals surface area contributed by atoms with Crippen LogP contribution in [0.1, 0.15) is 10.4 Å². The summed E-state index contributed by atoms with van der Waals surface area (Å²) in [5, 5.41) is -0.224. The zero-order valence-electron chi connectivity index (χ0n) is 12.8. The van der Waals surface area contributed by atoms with Crippen LogP contribution in [0.5, 0.6) is 11.5 Å². The van der Waals surface area contributed by atoms with Gasteiger partial charge in [-0.3, -0.25) is 19.3 Å². The number of rotatable bonds is 4. The Morgan fingerprint density at radius 3 is 2.43 bits per heavy atom. The predicted octanol–water partition coefficient (Wildman–Crippen LogP) is 1.22. The van der Waals surface area contributed by atoms with E-state index in [0.717, 1.165) is 11.8 Å². The van der Waals surface area contributed by atoms with E-state index in [-0.39, 0.29) is 28.8 Å². The minimum absolute atomic E-state index is 0.158. The Bertz CT molecular complexity index is 656. The Morgan fingerprint density at radius 2 is 1.87 bits per heavy atom. The molecule has 0 radical (unpaired) electrons. The summed E-state index contributed by atoms with van der Waals surface area (Å²) < 4.78 is 10.3. The van der Waals surface area contributed by atoms with E-state index in [1.165, 1.54) is 19.1 Å². The third-order valence-electron chi connectivity index (χ3n) is 3.93. The monoisotopic (exact) mass is 336 g/mol. The largest absolute Gasteiger partial charge is 0.493 e. The molecule has 2 saturated heterocycles. The minimum atomic E-state index is -0.224. The number of benzene rings is 1. The molecule has 0 N–H and O–H groups in total. The average molecular weight is 336 g/mol. The Kier molecular flexibility index (Phi) is 4.16. The molecule has 2 aliphatic heterocycles. The highest BCUT2D eigenvalue weighted by molar-refractivity contribution is 8.14. The van der Waals surface area contributed by atoms with Crippen LogP contribution in [0.2, 0.25) is 0 Å². The number of carbonyl (C=O) groups is 3. The SMILES string of the molecule is COc1ccc(C(=O)N2CC(N3C(=O)CSC3=O)C2)cc1OC. The van der Waals surface area contributed by atoms with E-state index in [0.29, 0.717) is 30.2 Å². The van der Waals surface area contributed by atoms with Gasteiger partial charge < -0.3 is 14.4 Å². The minimum Gasteiger partial charge on any atom is -0.493 e. The van der Waals surface area contributed by atoms with Crippen molar-refractivity contribution in [3.05, 3.63) is 23.8 Å². The fourth-order valence-corrected chi connectivity index (χ4v) is 3.43. The molecule has 1 aromatic carbocycles. The number of methoxy groups -OCH3 is 2. The molecule has 2 heterocycles. The van der Waals surface area contributed by atoms with Crippen molar-refractivity contribution in [3.63, 3.8) is 0 Å². The predicted molar refractivity (Wildman–Crippen MR) is 83.9 cm³/mol. The van der Waals surface area contributed by atoms with Crippen LogP contribution >= 0.6 is 11.8 Å². The van der Waals surface area contributed by atoms with Gasteiger partial charge in [0.05, 0.1) is 26.0 Å². The molecule has 2 aliphatic rings. The van der Waals surface area contributed by atoms with Gasteiger partial charge in [-0.15, -0.1) is 0 Å². The lowest BCUT2D eigenvalue weighted by Crippen LogP contribution is -2.62. The first-order valence-corrected chi connectivity index (χ1v) is 8.04. The van der Waals surface area contributed by atoms with Crippen molar-refractivity contribution in [3.8, 4) is 11.5 Å². The van der Waals surface area contributed by atoms with Crippen molar-refractivity contribution < 1.29 is 23.9 Å². The van der Waals surface area contributed by atoms with Gasteiger partial charge in [-0.05, 0) is 18.2 Å². The van der Waals surface area contributed by atoms with E-state index < -0.39 is 0 Å². The molecule has 0 saturated carbocycles. The van der Waals surface area contributed by atoms with Crippen molar-refractivity contribution in [1.29, 1.82) is 0 Å². The summed E-state index contributed by atoms with van der Waals surface area (Å²) in [6.07, 6.45) is 0. The van der Waals surface area contributed by atoms with E-state index in [2.05, 4.69) is 0 Å². The lowest BCUT2D eigenvalue weighted by molar-refractivity contribution is -0.128. The van der Waals surface area contributed by atoms with Gasteiger partial charge in [0, 0.05) is 18.7 Å². The molecule has 8 heteroatoms. The van der Waals surface area contributed by atoms with Crippen molar-refractivity contribution >= 4 is 28.8 Å². The molecular formula is C15H16N2O5S. The second-order valence-electron chi connectivity index (χ2n) is 5.25. The molecule has 2 fully saturated rings. The lowest BCUT2D eigenvalue weighted by Gasteiger charge is -2.42. The van der Waals surface area contributed by atoms with E-state index >= 15 is 0 Å². The fourth-order valence-electron chi connectivity index (χ4n) is 2.65. The van der Waals surface area contributed by atoms with Gasteiger partial charge in [0.1, 0.15) is 0 Å². The van der Waals surface area contributed by atoms with Crippen LogP contribution in [-0.4, -0.2) is 66.0 Å². The Hall–Kier alpha value is -2.22. The summed E-state index contributed by atoms with van der Waals surface area (Å²) in [5.41, 5.74) is 0.481. The number of nitrogens with zero attached hydrogens (tertiary/aromatic N) is 2. The van der Waals surface area contributed by atoms with Crippen LogP contribution in [0.25, 0.3) is 0 Å².